The van der Waals surface area contributed by atoms with Crippen LogP contribution in [0, 0.1) is 0 Å². The highest BCUT2D eigenvalue weighted by molar-refractivity contribution is 5.95. The summed E-state index contributed by atoms with van der Waals surface area (Å²) < 4.78 is 40.1. The van der Waals surface area contributed by atoms with E-state index in [0.717, 1.165) is 24.1 Å². The van der Waals surface area contributed by atoms with Crippen molar-refractivity contribution < 1.29 is 18.0 Å². The molecule has 0 aliphatic heterocycles. The van der Waals surface area contributed by atoms with Crippen LogP contribution in [0.3, 0.4) is 0 Å². The van der Waals surface area contributed by atoms with E-state index in [4.69, 9.17) is 0 Å². The average Bonchev–Trinajstić information content (AvgIpc) is 3.16. The van der Waals surface area contributed by atoms with Crippen molar-refractivity contribution in [3.63, 3.8) is 0 Å². The van der Waals surface area contributed by atoms with E-state index >= 15 is 0 Å². The number of carbonyl (C=O) groups excluding carboxylic acids is 1. The van der Waals surface area contributed by atoms with Gasteiger partial charge in [0.25, 0.3) is 0 Å². The molecule has 0 amide bonds. The first-order chi connectivity index (χ1) is 14.3. The molecule has 8 heteroatoms. The minimum atomic E-state index is -4.40. The Bertz CT molecular complexity index is 1210. The first-order valence-corrected chi connectivity index (χ1v) is 9.33. The number of halogens is 3. The van der Waals surface area contributed by atoms with Gasteiger partial charge >= 0.3 is 6.18 Å². The van der Waals surface area contributed by atoms with Crippen LogP contribution in [0.2, 0.25) is 0 Å². The van der Waals surface area contributed by atoms with Gasteiger partial charge in [-0.3, -0.25) is 14.2 Å². The number of pyridine rings is 1. The number of alkyl halides is 3. The predicted octanol–water partition coefficient (Wildman–Crippen LogP) is 4.80. The van der Waals surface area contributed by atoms with Crippen LogP contribution >= 0.6 is 0 Å². The molecule has 4 aromatic rings. The fourth-order valence-electron chi connectivity index (χ4n) is 3.18. The van der Waals surface area contributed by atoms with Gasteiger partial charge in [0.2, 0.25) is 0 Å². The number of Topliss-reactive ketones (excluding diaryl/α,β-unsaturated/α-hetero) is 1. The van der Waals surface area contributed by atoms with Crippen LogP contribution in [-0.4, -0.2) is 25.1 Å². The van der Waals surface area contributed by atoms with E-state index < -0.39 is 11.7 Å². The third-order valence-electron chi connectivity index (χ3n) is 4.82. The molecule has 0 aliphatic rings. The third kappa shape index (κ3) is 3.94. The monoisotopic (exact) mass is 410 g/mol. The molecule has 0 saturated heterocycles. The van der Waals surface area contributed by atoms with Gasteiger partial charge in [0.15, 0.2) is 11.4 Å². The van der Waals surface area contributed by atoms with Crippen LogP contribution in [0.1, 0.15) is 34.2 Å². The van der Waals surface area contributed by atoms with Crippen LogP contribution < -0.4 is 0 Å². The number of fused-ring (bicyclic) bond motifs is 1. The molecule has 3 heterocycles. The number of aromatic nitrogens is 4. The summed E-state index contributed by atoms with van der Waals surface area (Å²) in [6.45, 7) is 2.03. The lowest BCUT2D eigenvalue weighted by Gasteiger charge is -2.08. The Morgan fingerprint density at radius 3 is 2.50 bits per heavy atom. The third-order valence-corrected chi connectivity index (χ3v) is 4.82. The van der Waals surface area contributed by atoms with Crippen LogP contribution in [0.25, 0.3) is 16.9 Å². The Kier molecular flexibility index (Phi) is 5.07. The predicted molar refractivity (Wildman–Crippen MR) is 105 cm³/mol. The molecule has 5 nitrogen and oxygen atoms in total. The standard InChI is InChI=1S/C22H17F3N4O/c1-2-14-7-8-26-17(9-14)10-20(30)18-13-29-19(11-28-21(29)12-27-18)15-3-5-16(6-4-15)22(23,24)25/h3-9,11-13H,2,10H2,1H3. The molecule has 152 valence electrons. The average molecular weight is 410 g/mol. The van der Waals surface area contributed by atoms with Gasteiger partial charge in [0, 0.05) is 23.7 Å². The molecule has 30 heavy (non-hydrogen) atoms. The first-order valence-electron chi connectivity index (χ1n) is 9.33. The van der Waals surface area contributed by atoms with Gasteiger partial charge in [-0.1, -0.05) is 19.1 Å². The highest BCUT2D eigenvalue weighted by Crippen LogP contribution is 2.31. The van der Waals surface area contributed by atoms with Gasteiger partial charge in [0.1, 0.15) is 5.69 Å². The molecule has 0 spiro atoms. The van der Waals surface area contributed by atoms with Crippen molar-refractivity contribution in [2.24, 2.45) is 0 Å². The quantitative estimate of drug-likeness (QED) is 0.444. The zero-order valence-corrected chi connectivity index (χ0v) is 16.0. The Hall–Kier alpha value is -3.55. The Balaban J connectivity index is 1.65. The fraction of sp³-hybridized carbons (Fsp3) is 0.182. The van der Waals surface area contributed by atoms with E-state index in [2.05, 4.69) is 15.0 Å². The van der Waals surface area contributed by atoms with Gasteiger partial charge in [-0.05, 0) is 36.2 Å². The Morgan fingerprint density at radius 1 is 1.03 bits per heavy atom. The molecule has 3 aromatic heterocycles. The number of nitrogens with zero attached hydrogens (tertiary/aromatic N) is 4. The maximum Gasteiger partial charge on any atom is 0.416 e. The summed E-state index contributed by atoms with van der Waals surface area (Å²) >= 11 is 0. The second-order valence-electron chi connectivity index (χ2n) is 6.83. The summed E-state index contributed by atoms with van der Waals surface area (Å²) in [7, 11) is 0. The second-order valence-corrected chi connectivity index (χ2v) is 6.83. The highest BCUT2D eigenvalue weighted by atomic mass is 19.4. The summed E-state index contributed by atoms with van der Waals surface area (Å²) in [5.41, 5.74) is 2.88. The van der Waals surface area contributed by atoms with Gasteiger partial charge < -0.3 is 0 Å². The molecule has 0 fully saturated rings. The van der Waals surface area contributed by atoms with Crippen molar-refractivity contribution in [3.8, 4) is 11.3 Å². The summed E-state index contributed by atoms with van der Waals surface area (Å²) in [6.07, 6.45) is 2.80. The lowest BCUT2D eigenvalue weighted by atomic mass is 10.1. The number of imidazole rings is 1. The molecule has 0 atom stereocenters. The van der Waals surface area contributed by atoms with Crippen LogP contribution in [-0.2, 0) is 19.0 Å². The molecule has 0 aliphatic carbocycles. The molecule has 0 saturated carbocycles. The number of aryl methyl sites for hydroxylation is 1. The lowest BCUT2D eigenvalue weighted by Crippen LogP contribution is -2.09. The zero-order chi connectivity index (χ0) is 21.3. The van der Waals surface area contributed by atoms with Gasteiger partial charge in [0.05, 0.1) is 30.1 Å². The molecular weight excluding hydrogens is 393 g/mol. The maximum absolute atomic E-state index is 12.8. The molecule has 0 unspecified atom stereocenters. The van der Waals surface area contributed by atoms with E-state index in [1.807, 2.05) is 19.1 Å². The molecule has 0 N–H and O–H groups in total. The van der Waals surface area contributed by atoms with Gasteiger partial charge in [-0.2, -0.15) is 13.2 Å². The van der Waals surface area contributed by atoms with Crippen molar-refractivity contribution in [1.82, 2.24) is 19.4 Å². The van der Waals surface area contributed by atoms with Crippen molar-refractivity contribution in [3.05, 3.63) is 83.7 Å². The second kappa shape index (κ2) is 7.70. The van der Waals surface area contributed by atoms with Crippen molar-refractivity contribution in [1.29, 1.82) is 0 Å². The minimum Gasteiger partial charge on any atom is -0.296 e. The molecule has 0 radical (unpaired) electrons. The topological polar surface area (TPSA) is 60.2 Å². The maximum atomic E-state index is 12.8. The Labute approximate surface area is 170 Å². The molecule has 4 rings (SSSR count). The lowest BCUT2D eigenvalue weighted by molar-refractivity contribution is -0.137. The highest BCUT2D eigenvalue weighted by Gasteiger charge is 2.30. The molecule has 0 bridgehead atoms. The molecule has 1 aromatic carbocycles. The van der Waals surface area contributed by atoms with Crippen LogP contribution in [0.5, 0.6) is 0 Å². The summed E-state index contributed by atoms with van der Waals surface area (Å²) in [5, 5.41) is 0. The number of hydrogen-bond donors (Lipinski definition) is 0. The normalized spacial score (nSPS) is 11.7. The SMILES string of the molecule is CCc1ccnc(CC(=O)c2cn3c(-c4ccc(C(F)(F)F)cc4)cnc3cn2)c1. The van der Waals surface area contributed by atoms with Gasteiger partial charge in [-0.25, -0.2) is 9.97 Å². The zero-order valence-electron chi connectivity index (χ0n) is 16.0. The summed E-state index contributed by atoms with van der Waals surface area (Å²) in [5.74, 6) is -0.204. The number of ketones is 1. The van der Waals surface area contributed by atoms with Crippen molar-refractivity contribution >= 4 is 11.4 Å². The Morgan fingerprint density at radius 2 is 1.80 bits per heavy atom. The van der Waals surface area contributed by atoms with Crippen LogP contribution in [0.4, 0.5) is 13.2 Å². The van der Waals surface area contributed by atoms with E-state index in [1.54, 1.807) is 23.0 Å². The number of hydrogen-bond acceptors (Lipinski definition) is 4. The summed E-state index contributed by atoms with van der Waals surface area (Å²) in [6, 6.07) is 8.60. The van der Waals surface area contributed by atoms with E-state index in [1.165, 1.54) is 18.3 Å². The molecular formula is C22H17F3N4O. The van der Waals surface area contributed by atoms with Gasteiger partial charge in [-0.15, -0.1) is 0 Å². The number of rotatable bonds is 5. The van der Waals surface area contributed by atoms with Crippen molar-refractivity contribution in [2.45, 2.75) is 25.9 Å². The smallest absolute Gasteiger partial charge is 0.296 e. The number of benzene rings is 1. The fourth-order valence-corrected chi connectivity index (χ4v) is 3.18. The van der Waals surface area contributed by atoms with Crippen LogP contribution in [0.15, 0.2) is 61.2 Å². The minimum absolute atomic E-state index is 0.108. The van der Waals surface area contributed by atoms with E-state index in [0.29, 0.717) is 22.6 Å². The van der Waals surface area contributed by atoms with E-state index in [9.17, 15) is 18.0 Å². The number of carbonyl (C=O) groups is 1. The first kappa shape index (κ1) is 19.8. The largest absolute Gasteiger partial charge is 0.416 e. The van der Waals surface area contributed by atoms with E-state index in [-0.39, 0.29) is 17.9 Å². The summed E-state index contributed by atoms with van der Waals surface area (Å²) in [4.78, 5) is 25.4. The van der Waals surface area contributed by atoms with Crippen molar-refractivity contribution in [2.75, 3.05) is 0 Å².